The molecule has 0 saturated heterocycles. The van der Waals surface area contributed by atoms with E-state index in [-0.39, 0.29) is 57.0 Å². The number of nitriles is 4. The van der Waals surface area contributed by atoms with Gasteiger partial charge in [0.2, 0.25) is 0 Å². The molecule has 0 amide bonds. The van der Waals surface area contributed by atoms with Gasteiger partial charge < -0.3 is 43.3 Å². The Balaban J connectivity index is 0.000000358. The van der Waals surface area contributed by atoms with Crippen molar-refractivity contribution in [2.75, 3.05) is 68.3 Å². The number of halogens is 16. The molecule has 4 heterocycles. The average molecular weight is 2430 g/mol. The number of alkyl halides is 16. The molecule has 0 unspecified atom stereocenters. The minimum Gasteiger partial charge on any atom is -0.741 e. The molecule has 0 aromatic heterocycles. The number of benzene rings is 12. The predicted octanol–water partition coefficient (Wildman–Crippen LogP) is 19.1. The van der Waals surface area contributed by atoms with E-state index in [1.807, 2.05) is 48.5 Å². The zero-order valence-electron chi connectivity index (χ0n) is 76.9. The molecule has 47 heteroatoms. The largest absolute Gasteiger partial charge is 2.00 e. The van der Waals surface area contributed by atoms with Crippen LogP contribution in [0.1, 0.15) is 79.6 Å². The molecule has 2 N–H and O–H groups in total. The van der Waals surface area contributed by atoms with Crippen molar-refractivity contribution in [1.82, 2.24) is 0 Å². The third-order valence-electron chi connectivity index (χ3n) is 21.2. The summed E-state index contributed by atoms with van der Waals surface area (Å²) in [6, 6.07) is 114. The molecule has 145 heavy (non-hydrogen) atoms. The van der Waals surface area contributed by atoms with Gasteiger partial charge in [-0.15, -0.1) is 46.4 Å². The number of fused-ring (bicyclic) bond motifs is 12. The molecule has 0 atom stereocenters. The maximum absolute atomic E-state index is 10.7. The average Bonchev–Trinajstić information content (AvgIpc) is 0.744. The molecule has 0 radical (unpaired) electrons. The van der Waals surface area contributed by atoms with E-state index in [1.165, 1.54) is 125 Å². The molecule has 21 nitrogen and oxygen atoms in total. The molecule has 16 rings (SSSR count). The molecule has 4 aliphatic rings. The normalized spacial score (nSPS) is 12.4. The summed E-state index contributed by atoms with van der Waals surface area (Å²) in [4.78, 5) is 9.38. The molecular formula is C98H94Cl4F12N8O13P4Pd2S4+4. The van der Waals surface area contributed by atoms with Crippen LogP contribution in [0, 0.1) is 73.0 Å². The molecule has 776 valence electrons. The summed E-state index contributed by atoms with van der Waals surface area (Å²) in [6.07, 6.45) is 7.68. The molecule has 0 fully saturated rings. The molecule has 0 spiro atoms. The first kappa shape index (κ1) is 128. The monoisotopic (exact) mass is 2420 g/mol. The molecular weight excluding hydrogens is 2330 g/mol. The summed E-state index contributed by atoms with van der Waals surface area (Å²) >= 11 is 19.1. The number of nitrogens with zero attached hydrogens (tertiary/aromatic N) is 8. The first-order valence-corrected chi connectivity index (χ1v) is 56.8. The Hall–Kier alpha value is -9.24. The summed E-state index contributed by atoms with van der Waals surface area (Å²) in [6.45, 7) is 13.2. The Kier molecular flexibility index (Phi) is 52.8. The number of aryl methyl sites for hydroxylation is 4. The van der Waals surface area contributed by atoms with Gasteiger partial charge in [0.25, 0.3) is 0 Å². The second-order valence-corrected chi connectivity index (χ2v) is 48.6. The fourth-order valence-corrected chi connectivity index (χ4v) is 27.0. The van der Waals surface area contributed by atoms with Crippen molar-refractivity contribution >= 4 is 184 Å². The van der Waals surface area contributed by atoms with Crippen molar-refractivity contribution in [2.24, 2.45) is 0 Å². The van der Waals surface area contributed by atoms with Gasteiger partial charge in [-0.25, -0.2) is 33.7 Å². The van der Waals surface area contributed by atoms with Gasteiger partial charge in [-0.05, 0) is 218 Å². The van der Waals surface area contributed by atoms with E-state index < -0.39 is 94.2 Å². The van der Waals surface area contributed by atoms with Crippen molar-refractivity contribution in [3.05, 3.63) is 358 Å². The zero-order chi connectivity index (χ0) is 105. The fraction of sp³-hybridized carbons (Fsp3) is 0.224. The summed E-state index contributed by atoms with van der Waals surface area (Å²) < 4.78 is 236. The minimum atomic E-state index is -6.09. The Bertz CT molecular complexity index is 5850. The van der Waals surface area contributed by atoms with Gasteiger partial charge in [-0.1, -0.05) is 146 Å². The van der Waals surface area contributed by atoms with Crippen LogP contribution in [0.4, 0.5) is 75.4 Å². The molecule has 0 saturated carbocycles. The van der Waals surface area contributed by atoms with Gasteiger partial charge in [-0.3, -0.25) is 0 Å². The molecule has 4 aliphatic heterocycles. The van der Waals surface area contributed by atoms with Gasteiger partial charge in [0, 0.05) is 61.8 Å². The minimum absolute atomic E-state index is 0. The van der Waals surface area contributed by atoms with E-state index in [0.29, 0.717) is 0 Å². The van der Waals surface area contributed by atoms with Crippen LogP contribution in [0.25, 0.3) is 0 Å². The summed E-state index contributed by atoms with van der Waals surface area (Å²) in [7, 11) is -27.3. The molecule has 0 aliphatic carbocycles. The van der Waals surface area contributed by atoms with Crippen LogP contribution in [-0.2, 0) is 107 Å². The van der Waals surface area contributed by atoms with Crippen molar-refractivity contribution in [3.8, 4) is 24.3 Å². The second kappa shape index (κ2) is 59.8. The maximum atomic E-state index is 10.7. The van der Waals surface area contributed by atoms with Crippen molar-refractivity contribution in [1.29, 1.82) is 21.0 Å². The standard InChI is InChI=1S/2C27H26P2.2C19H16N4.2CH2Cl2.4CHF3O3S.H2O.2Pd/c2*1-5-14-24(15-6-1)28(25-16-7-2-8-17-25)22-13-23-29(26-18-9-3-10-19-26)27-20-11-4-12-21-27;2*1-12-3-14(7-20)5-16-9-23-11-22(18(12)16)10-17-6-15(8-21)4-13(2)19(17)23;2*2-1-3;4*2-1(3,4)8(5,6)7;;;/h2*1-12,14-21H,13,22-23H2;2*3-6H,9-11H2,1-2H3;2*1H2;4*(H,5,6,7);1H2;;/q;;;;;;;;;;;2*+2. The van der Waals surface area contributed by atoms with E-state index in [9.17, 15) is 73.7 Å². The van der Waals surface area contributed by atoms with E-state index in [1.54, 1.807) is 0 Å². The third kappa shape index (κ3) is 39.0. The van der Waals surface area contributed by atoms with Crippen LogP contribution < -0.4 is 62.0 Å². The molecule has 4 bridgehead atoms. The number of rotatable bonds is 16. The number of hydrogen-bond donors (Lipinski definition) is 0. The van der Waals surface area contributed by atoms with Crippen LogP contribution in [0.5, 0.6) is 0 Å². The van der Waals surface area contributed by atoms with Crippen LogP contribution >= 0.6 is 78.1 Å². The topological polar surface area (TPSA) is 368 Å². The molecule has 12 aromatic carbocycles. The summed E-state index contributed by atoms with van der Waals surface area (Å²) in [5.41, 5.74) is -5.29. The van der Waals surface area contributed by atoms with Crippen LogP contribution in [0.3, 0.4) is 0 Å². The van der Waals surface area contributed by atoms with Gasteiger partial charge in [0.05, 0.1) is 169 Å². The third-order valence-corrected chi connectivity index (χ3v) is 35.2. The summed E-state index contributed by atoms with van der Waals surface area (Å²) in [5, 5.41) is 49.5. The van der Waals surface area contributed by atoms with Crippen molar-refractivity contribution in [3.63, 3.8) is 0 Å². The van der Waals surface area contributed by atoms with Crippen LogP contribution in [0.15, 0.2) is 291 Å². The van der Waals surface area contributed by atoms with Gasteiger partial charge >= 0.3 is 62.9 Å². The maximum Gasteiger partial charge on any atom is 2.00 e. The van der Waals surface area contributed by atoms with Crippen LogP contribution in [0.2, 0.25) is 0 Å². The first-order valence-electron chi connectivity index (χ1n) is 42.2. The first-order chi connectivity index (χ1) is 66.9. The Morgan fingerprint density at radius 2 is 0.407 bits per heavy atom. The van der Waals surface area contributed by atoms with Gasteiger partial charge in [0.1, 0.15) is 0 Å². The SMILES string of the molecule is Cc1cc(C#N)cc2c1N1Cc3cc(C#N)cc(C)c3N(C2)C1.Cc1cc(C#N)cc2c1N1Cc3cc(C#N)cc(C)c3N(C2)C1.ClCCl.ClCCl.O.O=S(=O)([O-])C(F)(F)F.O=S(=O)([O-])C(F)(F)F.O=S(=O)([O-])C(F)(F)F.O=S(=O)([O-])C(F)(F)F.[Pd+2].[Pd+2].c1ccc([PH+](CCC[PH+](c2ccccc2)c2ccccc2)c2ccccc2)cc1.c1ccc([PH+](CCC[PH+](c2ccccc2)c2ccccc2)c2ccccc2)cc1. The van der Waals surface area contributed by atoms with Crippen molar-refractivity contribution in [2.45, 2.75) is 88.7 Å². The van der Waals surface area contributed by atoms with E-state index in [0.717, 1.165) is 84.0 Å². The molecule has 12 aromatic rings. The zero-order valence-corrected chi connectivity index (χ0v) is 90.3. The fourth-order valence-electron chi connectivity index (χ4n) is 15.8. The summed E-state index contributed by atoms with van der Waals surface area (Å²) in [5.74, 6) is 0. The van der Waals surface area contributed by atoms with Gasteiger partial charge in [-0.2, -0.15) is 73.7 Å². The van der Waals surface area contributed by atoms with E-state index >= 15 is 0 Å². The number of anilines is 4. The predicted molar refractivity (Wildman–Crippen MR) is 548 cm³/mol. The Morgan fingerprint density at radius 1 is 0.283 bits per heavy atom. The number of hydrogen-bond acceptors (Lipinski definition) is 20. The van der Waals surface area contributed by atoms with E-state index in [2.05, 4.69) is 314 Å². The smallest absolute Gasteiger partial charge is 0.741 e. The van der Waals surface area contributed by atoms with Crippen LogP contribution in [-0.4, -0.2) is 128 Å². The second-order valence-electron chi connectivity index (χ2n) is 31.1. The Labute approximate surface area is 887 Å². The quantitative estimate of drug-likeness (QED) is 0.0216. The van der Waals surface area contributed by atoms with E-state index in [4.69, 9.17) is 98.3 Å². The van der Waals surface area contributed by atoms with Crippen molar-refractivity contribution < 1.29 is 151 Å². The Morgan fingerprint density at radius 3 is 0.517 bits per heavy atom. The van der Waals surface area contributed by atoms with Gasteiger partial charge in [0.15, 0.2) is 40.5 Å².